The molecule has 0 aromatic heterocycles. The number of hydrogen-bond acceptors (Lipinski definition) is 3. The van der Waals surface area contributed by atoms with Crippen molar-refractivity contribution >= 4 is 33.2 Å². The molecule has 0 aliphatic heterocycles. The van der Waals surface area contributed by atoms with Crippen LogP contribution in [-0.4, -0.2) is 20.9 Å². The topological polar surface area (TPSA) is 75.3 Å². The molecule has 25 heavy (non-hydrogen) atoms. The van der Waals surface area contributed by atoms with Crippen LogP contribution < -0.4 is 10.0 Å². The van der Waals surface area contributed by atoms with Crippen LogP contribution in [-0.2, 0) is 14.8 Å². The van der Waals surface area contributed by atoms with E-state index in [4.69, 9.17) is 11.6 Å². The summed E-state index contributed by atoms with van der Waals surface area (Å²) in [6.07, 6.45) is 0. The van der Waals surface area contributed by atoms with Gasteiger partial charge in [0.15, 0.2) is 0 Å². The number of sulfonamides is 1. The molecule has 0 spiro atoms. The Balaban J connectivity index is 1.98. The van der Waals surface area contributed by atoms with Gasteiger partial charge >= 0.3 is 0 Å². The zero-order valence-electron chi connectivity index (χ0n) is 14.3. The minimum atomic E-state index is -3.74. The van der Waals surface area contributed by atoms with Crippen LogP contribution in [0.25, 0.3) is 0 Å². The van der Waals surface area contributed by atoms with E-state index in [9.17, 15) is 13.2 Å². The van der Waals surface area contributed by atoms with Crippen molar-refractivity contribution in [3.05, 3.63) is 58.6 Å². The molecule has 0 aliphatic rings. The summed E-state index contributed by atoms with van der Waals surface area (Å²) in [5.74, 6) is -0.154. The van der Waals surface area contributed by atoms with E-state index in [0.717, 1.165) is 11.1 Å². The van der Waals surface area contributed by atoms with Crippen molar-refractivity contribution in [1.29, 1.82) is 0 Å². The number of anilines is 1. The highest BCUT2D eigenvalue weighted by Crippen LogP contribution is 2.20. The fourth-order valence-corrected chi connectivity index (χ4v) is 3.31. The maximum Gasteiger partial charge on any atom is 0.241 e. The summed E-state index contributed by atoms with van der Waals surface area (Å²) < 4.78 is 26.8. The summed E-state index contributed by atoms with van der Waals surface area (Å²) in [5, 5.41) is 3.14. The Labute approximate surface area is 153 Å². The van der Waals surface area contributed by atoms with E-state index in [0.29, 0.717) is 16.6 Å². The SMILES string of the molecule is Cc1ccc(NC(=O)CNS(=O)(=O)c2ccc(C(C)C)cc2)cc1Cl. The summed E-state index contributed by atoms with van der Waals surface area (Å²) in [6, 6.07) is 11.7. The van der Waals surface area contributed by atoms with E-state index in [1.807, 2.05) is 20.8 Å². The Hall–Kier alpha value is -1.89. The Morgan fingerprint density at radius 1 is 1.12 bits per heavy atom. The van der Waals surface area contributed by atoms with Crippen LogP contribution in [0.15, 0.2) is 47.4 Å². The number of hydrogen-bond donors (Lipinski definition) is 2. The summed E-state index contributed by atoms with van der Waals surface area (Å²) >= 11 is 6.00. The molecule has 5 nitrogen and oxygen atoms in total. The number of amides is 1. The third-order valence-electron chi connectivity index (χ3n) is 3.74. The standard InChI is InChI=1S/C18H21ClN2O3S/c1-12(2)14-5-8-16(9-6-14)25(23,24)20-11-18(22)21-15-7-4-13(3)17(19)10-15/h4-10,12,20H,11H2,1-3H3,(H,21,22). The van der Waals surface area contributed by atoms with Crippen LogP contribution in [0.3, 0.4) is 0 Å². The van der Waals surface area contributed by atoms with Crippen molar-refractivity contribution in [2.24, 2.45) is 0 Å². The van der Waals surface area contributed by atoms with Gasteiger partial charge in [0.25, 0.3) is 0 Å². The van der Waals surface area contributed by atoms with Crippen LogP contribution in [0, 0.1) is 6.92 Å². The quantitative estimate of drug-likeness (QED) is 0.802. The molecule has 0 fully saturated rings. The third-order valence-corrected chi connectivity index (χ3v) is 5.56. The van der Waals surface area contributed by atoms with Gasteiger partial charge in [0.1, 0.15) is 0 Å². The maximum atomic E-state index is 12.3. The van der Waals surface area contributed by atoms with Crippen LogP contribution >= 0.6 is 11.6 Å². The second-order valence-electron chi connectivity index (χ2n) is 6.06. The monoisotopic (exact) mass is 380 g/mol. The lowest BCUT2D eigenvalue weighted by Crippen LogP contribution is -2.32. The van der Waals surface area contributed by atoms with E-state index < -0.39 is 15.9 Å². The molecule has 0 atom stereocenters. The molecular formula is C18H21ClN2O3S. The molecule has 7 heteroatoms. The van der Waals surface area contributed by atoms with Crippen LogP contribution in [0.1, 0.15) is 30.9 Å². The van der Waals surface area contributed by atoms with Crippen LogP contribution in [0.5, 0.6) is 0 Å². The first-order chi connectivity index (χ1) is 11.7. The molecule has 134 valence electrons. The number of halogens is 1. The van der Waals surface area contributed by atoms with E-state index >= 15 is 0 Å². The molecule has 0 saturated heterocycles. The average Bonchev–Trinajstić information content (AvgIpc) is 2.56. The number of rotatable bonds is 6. The predicted molar refractivity (Wildman–Crippen MR) is 101 cm³/mol. The van der Waals surface area contributed by atoms with Crippen molar-refractivity contribution in [2.45, 2.75) is 31.6 Å². The molecule has 2 N–H and O–H groups in total. The number of nitrogens with one attached hydrogen (secondary N) is 2. The molecule has 1 amide bonds. The smallest absolute Gasteiger partial charge is 0.241 e. The molecular weight excluding hydrogens is 360 g/mol. The van der Waals surface area contributed by atoms with Gasteiger partial charge in [0, 0.05) is 10.7 Å². The van der Waals surface area contributed by atoms with Gasteiger partial charge in [0.2, 0.25) is 15.9 Å². The van der Waals surface area contributed by atoms with Crippen molar-refractivity contribution in [2.75, 3.05) is 11.9 Å². The van der Waals surface area contributed by atoms with Crippen LogP contribution in [0.2, 0.25) is 5.02 Å². The zero-order chi connectivity index (χ0) is 18.6. The first kappa shape index (κ1) is 19.4. The second-order valence-corrected chi connectivity index (χ2v) is 8.23. The number of carbonyl (C=O) groups is 1. The van der Waals surface area contributed by atoms with E-state index in [1.54, 1.807) is 30.3 Å². The van der Waals surface area contributed by atoms with E-state index in [1.165, 1.54) is 12.1 Å². The Morgan fingerprint density at radius 3 is 2.32 bits per heavy atom. The highest BCUT2D eigenvalue weighted by atomic mass is 35.5. The molecule has 0 aliphatic carbocycles. The maximum absolute atomic E-state index is 12.3. The minimum Gasteiger partial charge on any atom is -0.325 e. The first-order valence-electron chi connectivity index (χ1n) is 7.84. The van der Waals surface area contributed by atoms with Crippen molar-refractivity contribution < 1.29 is 13.2 Å². The number of aryl methyl sites for hydroxylation is 1. The Kier molecular flexibility index (Phi) is 6.21. The number of benzene rings is 2. The lowest BCUT2D eigenvalue weighted by molar-refractivity contribution is -0.115. The molecule has 2 aromatic carbocycles. The average molecular weight is 381 g/mol. The normalized spacial score (nSPS) is 11.6. The summed E-state index contributed by atoms with van der Waals surface area (Å²) in [4.78, 5) is 12.1. The van der Waals surface area contributed by atoms with Gasteiger partial charge in [-0.1, -0.05) is 43.6 Å². The predicted octanol–water partition coefficient (Wildman–Crippen LogP) is 3.69. The largest absolute Gasteiger partial charge is 0.325 e. The molecule has 0 unspecified atom stereocenters. The van der Waals surface area contributed by atoms with Gasteiger partial charge in [0.05, 0.1) is 11.4 Å². The lowest BCUT2D eigenvalue weighted by Gasteiger charge is -2.10. The highest BCUT2D eigenvalue weighted by Gasteiger charge is 2.16. The fraction of sp³-hybridized carbons (Fsp3) is 0.278. The molecule has 0 radical (unpaired) electrons. The van der Waals surface area contributed by atoms with E-state index in [2.05, 4.69) is 10.0 Å². The summed E-state index contributed by atoms with van der Waals surface area (Å²) in [6.45, 7) is 5.55. The van der Waals surface area contributed by atoms with E-state index in [-0.39, 0.29) is 11.4 Å². The Morgan fingerprint density at radius 2 is 1.76 bits per heavy atom. The highest BCUT2D eigenvalue weighted by molar-refractivity contribution is 7.89. The van der Waals surface area contributed by atoms with Gasteiger partial charge in [-0.05, 0) is 48.2 Å². The fourth-order valence-electron chi connectivity index (χ4n) is 2.15. The molecule has 2 aromatic rings. The molecule has 0 bridgehead atoms. The van der Waals surface area contributed by atoms with Crippen molar-refractivity contribution in [1.82, 2.24) is 4.72 Å². The lowest BCUT2D eigenvalue weighted by atomic mass is 10.0. The third kappa shape index (κ3) is 5.29. The summed E-state index contributed by atoms with van der Waals surface area (Å²) in [5.41, 5.74) is 2.46. The van der Waals surface area contributed by atoms with Gasteiger partial charge in [-0.15, -0.1) is 0 Å². The molecule has 0 saturated carbocycles. The van der Waals surface area contributed by atoms with Gasteiger partial charge in [-0.25, -0.2) is 13.1 Å². The van der Waals surface area contributed by atoms with Gasteiger partial charge in [-0.2, -0.15) is 0 Å². The second kappa shape index (κ2) is 7.99. The van der Waals surface area contributed by atoms with Gasteiger partial charge in [-0.3, -0.25) is 4.79 Å². The van der Waals surface area contributed by atoms with Crippen molar-refractivity contribution in [3.8, 4) is 0 Å². The molecule has 2 rings (SSSR count). The van der Waals surface area contributed by atoms with Crippen molar-refractivity contribution in [3.63, 3.8) is 0 Å². The zero-order valence-corrected chi connectivity index (χ0v) is 15.9. The number of carbonyl (C=O) groups excluding carboxylic acids is 1. The van der Waals surface area contributed by atoms with Crippen LogP contribution in [0.4, 0.5) is 5.69 Å². The first-order valence-corrected chi connectivity index (χ1v) is 9.71. The minimum absolute atomic E-state index is 0.128. The van der Waals surface area contributed by atoms with Gasteiger partial charge < -0.3 is 5.32 Å². The summed E-state index contributed by atoms with van der Waals surface area (Å²) in [7, 11) is -3.74. The Bertz CT molecular complexity index is 862. The molecule has 0 heterocycles.